The lowest BCUT2D eigenvalue weighted by molar-refractivity contribution is -0.123. The Morgan fingerprint density at radius 3 is 2.36 bits per heavy atom. The van der Waals surface area contributed by atoms with Gasteiger partial charge in [-0.1, -0.05) is 30.3 Å². The lowest BCUT2D eigenvalue weighted by Crippen LogP contribution is -2.39. The van der Waals surface area contributed by atoms with E-state index in [1.54, 1.807) is 43.3 Å². The van der Waals surface area contributed by atoms with Crippen molar-refractivity contribution >= 4 is 23.5 Å². The fourth-order valence-electron chi connectivity index (χ4n) is 2.56. The van der Waals surface area contributed by atoms with Gasteiger partial charge in [-0.25, -0.2) is 4.79 Å². The van der Waals surface area contributed by atoms with E-state index in [9.17, 15) is 14.4 Å². The van der Waals surface area contributed by atoms with E-state index in [4.69, 9.17) is 9.47 Å². The average Bonchev–Trinajstić information content (AvgIpc) is 2.70. The second-order valence-corrected chi connectivity index (χ2v) is 5.86. The summed E-state index contributed by atoms with van der Waals surface area (Å²) in [5.74, 6) is -0.436. The smallest absolute Gasteiger partial charge is 0.340 e. The van der Waals surface area contributed by atoms with E-state index in [0.717, 1.165) is 0 Å². The number of nitrogens with one attached hydrogen (secondary N) is 1. The van der Waals surface area contributed by atoms with Crippen LogP contribution in [0.2, 0.25) is 0 Å². The number of ether oxygens (including phenoxy) is 2. The number of hydrogen-bond acceptors (Lipinski definition) is 5. The molecule has 0 aromatic heterocycles. The summed E-state index contributed by atoms with van der Waals surface area (Å²) in [5.41, 5.74) is 0.751. The summed E-state index contributed by atoms with van der Waals surface area (Å²) in [6.07, 6.45) is 0. The summed E-state index contributed by atoms with van der Waals surface area (Å²) < 4.78 is 10.4. The Labute approximate surface area is 164 Å². The standard InChI is InChI=1S/C21H24N2O5/c1-3-27-21(26)18-11-7-8-12-19(18)23(16(2)24)14-13-22-20(25)15-28-17-9-5-4-6-10-17/h4-12H,3,13-15H2,1-2H3,(H,22,25). The van der Waals surface area contributed by atoms with Gasteiger partial charge >= 0.3 is 5.97 Å². The predicted octanol–water partition coefficient (Wildman–Crippen LogP) is 2.41. The number of carbonyl (C=O) groups is 3. The Kier molecular flexibility index (Phi) is 8.02. The van der Waals surface area contributed by atoms with Gasteiger partial charge in [0, 0.05) is 20.0 Å². The molecule has 148 valence electrons. The zero-order valence-electron chi connectivity index (χ0n) is 16.0. The van der Waals surface area contributed by atoms with E-state index < -0.39 is 5.97 Å². The molecule has 0 unspecified atom stereocenters. The Bertz CT molecular complexity index is 807. The molecule has 0 atom stereocenters. The molecule has 1 N–H and O–H groups in total. The van der Waals surface area contributed by atoms with Gasteiger partial charge in [-0.05, 0) is 31.2 Å². The predicted molar refractivity (Wildman–Crippen MR) is 105 cm³/mol. The number of benzene rings is 2. The van der Waals surface area contributed by atoms with Crippen LogP contribution in [0.25, 0.3) is 0 Å². The van der Waals surface area contributed by atoms with E-state index >= 15 is 0 Å². The molecule has 28 heavy (non-hydrogen) atoms. The maximum atomic E-state index is 12.1. The van der Waals surface area contributed by atoms with Crippen molar-refractivity contribution in [2.45, 2.75) is 13.8 Å². The zero-order chi connectivity index (χ0) is 20.4. The molecule has 7 heteroatoms. The summed E-state index contributed by atoms with van der Waals surface area (Å²) in [6, 6.07) is 15.7. The van der Waals surface area contributed by atoms with Gasteiger partial charge in [0.1, 0.15) is 5.75 Å². The Balaban J connectivity index is 1.94. The molecule has 0 bridgehead atoms. The lowest BCUT2D eigenvalue weighted by atomic mass is 10.1. The van der Waals surface area contributed by atoms with Crippen LogP contribution >= 0.6 is 0 Å². The highest BCUT2D eigenvalue weighted by Gasteiger charge is 2.20. The number of anilines is 1. The molecular formula is C21H24N2O5. The van der Waals surface area contributed by atoms with Crippen LogP contribution in [-0.4, -0.2) is 44.1 Å². The molecule has 0 saturated heterocycles. The van der Waals surface area contributed by atoms with Gasteiger partial charge in [0.05, 0.1) is 17.9 Å². The molecule has 2 rings (SSSR count). The van der Waals surface area contributed by atoms with Crippen molar-refractivity contribution in [3.05, 3.63) is 60.2 Å². The minimum absolute atomic E-state index is 0.122. The average molecular weight is 384 g/mol. The van der Waals surface area contributed by atoms with Crippen molar-refractivity contribution in [2.75, 3.05) is 31.2 Å². The summed E-state index contributed by atoms with van der Waals surface area (Å²) in [7, 11) is 0. The first-order valence-electron chi connectivity index (χ1n) is 9.01. The molecule has 0 fully saturated rings. The molecule has 7 nitrogen and oxygen atoms in total. The Hall–Kier alpha value is -3.35. The minimum atomic E-state index is -0.496. The monoisotopic (exact) mass is 384 g/mol. The van der Waals surface area contributed by atoms with Crippen LogP contribution < -0.4 is 15.0 Å². The van der Waals surface area contributed by atoms with Crippen LogP contribution in [0.1, 0.15) is 24.2 Å². The quantitative estimate of drug-likeness (QED) is 0.671. The number of amides is 2. The van der Waals surface area contributed by atoms with Gasteiger partial charge < -0.3 is 19.7 Å². The molecule has 2 amide bonds. The molecule has 0 aliphatic rings. The Morgan fingerprint density at radius 2 is 1.68 bits per heavy atom. The van der Waals surface area contributed by atoms with E-state index in [2.05, 4.69) is 5.32 Å². The van der Waals surface area contributed by atoms with Crippen molar-refractivity contribution in [1.82, 2.24) is 5.32 Å². The first kappa shape index (κ1) is 21.0. The van der Waals surface area contributed by atoms with E-state index in [0.29, 0.717) is 17.0 Å². The van der Waals surface area contributed by atoms with Crippen LogP contribution in [0.15, 0.2) is 54.6 Å². The summed E-state index contributed by atoms with van der Waals surface area (Å²) >= 11 is 0. The van der Waals surface area contributed by atoms with Crippen LogP contribution in [0.5, 0.6) is 5.75 Å². The summed E-state index contributed by atoms with van der Waals surface area (Å²) in [5, 5.41) is 2.71. The van der Waals surface area contributed by atoms with Gasteiger partial charge in [0.15, 0.2) is 6.61 Å². The number of carbonyl (C=O) groups excluding carboxylic acids is 3. The maximum absolute atomic E-state index is 12.1. The third-order valence-corrected chi connectivity index (χ3v) is 3.84. The van der Waals surface area contributed by atoms with Crippen LogP contribution in [0, 0.1) is 0 Å². The van der Waals surface area contributed by atoms with Gasteiger partial charge in [0.25, 0.3) is 5.91 Å². The summed E-state index contributed by atoms with van der Waals surface area (Å²) in [4.78, 5) is 37.6. The zero-order valence-corrected chi connectivity index (χ0v) is 16.0. The van der Waals surface area contributed by atoms with Gasteiger partial charge in [-0.3, -0.25) is 9.59 Å². The van der Waals surface area contributed by atoms with Crippen LogP contribution in [0.3, 0.4) is 0 Å². The first-order chi connectivity index (χ1) is 13.5. The molecule has 2 aromatic rings. The number of nitrogens with zero attached hydrogens (tertiary/aromatic N) is 1. The molecule has 0 heterocycles. The number of rotatable bonds is 9. The lowest BCUT2D eigenvalue weighted by Gasteiger charge is -2.23. The van der Waals surface area contributed by atoms with Crippen molar-refractivity contribution in [2.24, 2.45) is 0 Å². The van der Waals surface area contributed by atoms with E-state index in [1.807, 2.05) is 18.2 Å². The van der Waals surface area contributed by atoms with Gasteiger partial charge in [-0.2, -0.15) is 0 Å². The molecule has 0 aliphatic carbocycles. The maximum Gasteiger partial charge on any atom is 0.340 e. The highest BCUT2D eigenvalue weighted by molar-refractivity contribution is 6.02. The number of para-hydroxylation sites is 2. The van der Waals surface area contributed by atoms with Crippen molar-refractivity contribution in [1.29, 1.82) is 0 Å². The highest BCUT2D eigenvalue weighted by atomic mass is 16.5. The fraction of sp³-hybridized carbons (Fsp3) is 0.286. The van der Waals surface area contributed by atoms with E-state index in [-0.39, 0.29) is 38.1 Å². The van der Waals surface area contributed by atoms with Crippen LogP contribution in [0.4, 0.5) is 5.69 Å². The van der Waals surface area contributed by atoms with E-state index in [1.165, 1.54) is 11.8 Å². The van der Waals surface area contributed by atoms with Gasteiger partial charge in [-0.15, -0.1) is 0 Å². The second kappa shape index (κ2) is 10.7. The SMILES string of the molecule is CCOC(=O)c1ccccc1N(CCNC(=O)COc1ccccc1)C(C)=O. The molecule has 0 saturated carbocycles. The second-order valence-electron chi connectivity index (χ2n) is 5.86. The molecular weight excluding hydrogens is 360 g/mol. The topological polar surface area (TPSA) is 84.9 Å². The highest BCUT2D eigenvalue weighted by Crippen LogP contribution is 2.21. The summed E-state index contributed by atoms with van der Waals surface area (Å²) in [6.45, 7) is 3.67. The number of esters is 1. The molecule has 2 aromatic carbocycles. The van der Waals surface area contributed by atoms with Crippen molar-refractivity contribution in [3.63, 3.8) is 0 Å². The fourth-order valence-corrected chi connectivity index (χ4v) is 2.56. The first-order valence-corrected chi connectivity index (χ1v) is 9.01. The van der Waals surface area contributed by atoms with Crippen LogP contribution in [-0.2, 0) is 14.3 Å². The third kappa shape index (κ3) is 6.12. The Morgan fingerprint density at radius 1 is 1.00 bits per heavy atom. The molecule has 0 radical (unpaired) electrons. The number of hydrogen-bond donors (Lipinski definition) is 1. The van der Waals surface area contributed by atoms with Crippen molar-refractivity contribution in [3.8, 4) is 5.75 Å². The molecule has 0 aliphatic heterocycles. The largest absolute Gasteiger partial charge is 0.484 e. The normalized spacial score (nSPS) is 10.1. The van der Waals surface area contributed by atoms with Crippen molar-refractivity contribution < 1.29 is 23.9 Å². The van der Waals surface area contributed by atoms with Gasteiger partial charge in [0.2, 0.25) is 5.91 Å². The minimum Gasteiger partial charge on any atom is -0.484 e. The molecule has 0 spiro atoms. The third-order valence-electron chi connectivity index (χ3n) is 3.84.